The molecule has 6 rings (SSSR count). The zero-order chi connectivity index (χ0) is 40.5. The maximum absolute atomic E-state index is 13.7. The number of rotatable bonds is 6. The standard InChI is InChI=1S/C44H50F4N6O2/c1-41(2,3)35(53-39(55)29-15-19-43(45,46)20-16-29)37-49-25-33(51-37)13-9-27-7-11-32-24-28(8-12-31(32)23-27)10-14-34-26-50-38(52-34)36(42(4,5)6)54-40(56)30-17-21-44(47,48)22-18-30/h7-8,11-12,23-26,29-30,35-36H,15-22H2,1-6H3,(H,49,51)(H,50,52)(H,53,55)(H,54,56)/t35-,36?/m1/s1. The molecule has 12 heteroatoms. The van der Waals surface area contributed by atoms with E-state index >= 15 is 0 Å². The monoisotopic (exact) mass is 770 g/mol. The van der Waals surface area contributed by atoms with E-state index < -0.39 is 46.6 Å². The molecule has 2 fully saturated rings. The summed E-state index contributed by atoms with van der Waals surface area (Å²) in [5, 5.41) is 8.08. The van der Waals surface area contributed by atoms with Crippen LogP contribution in [-0.2, 0) is 9.59 Å². The van der Waals surface area contributed by atoms with E-state index in [0.29, 0.717) is 23.0 Å². The fraction of sp³-hybridized carbons (Fsp3) is 0.500. The van der Waals surface area contributed by atoms with Crippen molar-refractivity contribution in [1.29, 1.82) is 0 Å². The molecule has 2 saturated carbocycles. The topological polar surface area (TPSA) is 116 Å². The molecule has 0 radical (unpaired) electrons. The van der Waals surface area contributed by atoms with Crippen molar-refractivity contribution < 1.29 is 27.2 Å². The van der Waals surface area contributed by atoms with Gasteiger partial charge in [0.25, 0.3) is 0 Å². The van der Waals surface area contributed by atoms with Gasteiger partial charge in [0, 0.05) is 48.6 Å². The van der Waals surface area contributed by atoms with E-state index in [4.69, 9.17) is 0 Å². The SMILES string of the molecule is CC(C)(C)C(NC(=O)C1CCC(F)(F)CC1)c1ncc(C#Cc2ccc3cc(C#Cc4cnc([C@@H](NC(=O)C5CCC(F)(F)CC5)C(C)(C)C)[nH]4)ccc3c2)[nH]1. The van der Waals surface area contributed by atoms with Gasteiger partial charge < -0.3 is 20.6 Å². The highest BCUT2D eigenvalue weighted by atomic mass is 19.3. The minimum Gasteiger partial charge on any atom is -0.345 e. The molecule has 0 saturated heterocycles. The Bertz CT molecular complexity index is 2030. The largest absolute Gasteiger partial charge is 0.345 e. The predicted molar refractivity (Wildman–Crippen MR) is 208 cm³/mol. The van der Waals surface area contributed by atoms with Gasteiger partial charge in [0.15, 0.2) is 0 Å². The van der Waals surface area contributed by atoms with E-state index in [1.54, 1.807) is 12.4 Å². The van der Waals surface area contributed by atoms with Gasteiger partial charge in [0.1, 0.15) is 23.0 Å². The van der Waals surface area contributed by atoms with Crippen LogP contribution in [0, 0.1) is 46.3 Å². The summed E-state index contributed by atoms with van der Waals surface area (Å²) in [6.45, 7) is 11.9. The number of carbonyl (C=O) groups excluding carboxylic acids is 2. The Morgan fingerprint density at radius 2 is 1.00 bits per heavy atom. The molecule has 4 N–H and O–H groups in total. The maximum Gasteiger partial charge on any atom is 0.248 e. The van der Waals surface area contributed by atoms with Gasteiger partial charge in [-0.05, 0) is 83.4 Å². The smallest absolute Gasteiger partial charge is 0.248 e. The molecule has 2 aromatic carbocycles. The van der Waals surface area contributed by atoms with E-state index in [1.165, 1.54) is 0 Å². The summed E-state index contributed by atoms with van der Waals surface area (Å²) < 4.78 is 54.7. The zero-order valence-electron chi connectivity index (χ0n) is 32.8. The molecule has 8 nitrogen and oxygen atoms in total. The van der Waals surface area contributed by atoms with Crippen molar-refractivity contribution in [3.63, 3.8) is 0 Å². The molecule has 2 aliphatic carbocycles. The van der Waals surface area contributed by atoms with Gasteiger partial charge in [0.2, 0.25) is 23.7 Å². The van der Waals surface area contributed by atoms with Crippen LogP contribution in [0.15, 0.2) is 48.8 Å². The van der Waals surface area contributed by atoms with Crippen LogP contribution in [0.4, 0.5) is 17.6 Å². The van der Waals surface area contributed by atoms with E-state index in [9.17, 15) is 27.2 Å². The van der Waals surface area contributed by atoms with Gasteiger partial charge in [0.05, 0.1) is 24.5 Å². The Balaban J connectivity index is 1.10. The van der Waals surface area contributed by atoms with Crippen molar-refractivity contribution in [2.45, 2.75) is 117 Å². The first-order chi connectivity index (χ1) is 26.2. The van der Waals surface area contributed by atoms with Crippen LogP contribution in [0.25, 0.3) is 10.8 Å². The number of carbonyl (C=O) groups is 2. The van der Waals surface area contributed by atoms with Crippen LogP contribution in [0.2, 0.25) is 0 Å². The molecular weight excluding hydrogens is 721 g/mol. The molecule has 2 aliphatic rings. The molecule has 296 valence electrons. The first-order valence-electron chi connectivity index (χ1n) is 19.3. The van der Waals surface area contributed by atoms with Gasteiger partial charge in [-0.2, -0.15) is 0 Å². The van der Waals surface area contributed by atoms with Crippen LogP contribution in [-0.4, -0.2) is 43.6 Å². The average molecular weight is 771 g/mol. The molecule has 2 aromatic heterocycles. The van der Waals surface area contributed by atoms with Crippen molar-refractivity contribution in [2.24, 2.45) is 22.7 Å². The molecule has 0 spiro atoms. The van der Waals surface area contributed by atoms with Crippen molar-refractivity contribution in [2.75, 3.05) is 0 Å². The molecule has 1 unspecified atom stereocenters. The Kier molecular flexibility index (Phi) is 11.4. The third-order valence-electron chi connectivity index (χ3n) is 10.7. The van der Waals surface area contributed by atoms with Crippen molar-refractivity contribution >= 4 is 22.6 Å². The van der Waals surface area contributed by atoms with Crippen LogP contribution >= 0.6 is 0 Å². The van der Waals surface area contributed by atoms with Crippen LogP contribution < -0.4 is 10.6 Å². The van der Waals surface area contributed by atoms with E-state index in [2.05, 4.69) is 54.3 Å². The van der Waals surface area contributed by atoms with Crippen molar-refractivity contribution in [3.8, 4) is 23.7 Å². The molecule has 4 aromatic rings. The summed E-state index contributed by atoms with van der Waals surface area (Å²) in [6.07, 6.45) is 2.82. The van der Waals surface area contributed by atoms with Crippen LogP contribution in [0.1, 0.15) is 139 Å². The van der Waals surface area contributed by atoms with Crippen LogP contribution in [0.3, 0.4) is 0 Å². The number of nitrogens with one attached hydrogen (secondary N) is 4. The summed E-state index contributed by atoms with van der Waals surface area (Å²) in [5.74, 6) is 7.01. The highest BCUT2D eigenvalue weighted by Crippen LogP contribution is 2.39. The van der Waals surface area contributed by atoms with Gasteiger partial charge >= 0.3 is 0 Å². The number of amides is 2. The minimum absolute atomic E-state index is 0.164. The summed E-state index contributed by atoms with van der Waals surface area (Å²) in [5.41, 5.74) is 1.98. The molecule has 0 aliphatic heterocycles. The lowest BCUT2D eigenvalue weighted by Gasteiger charge is -2.33. The number of fused-ring (bicyclic) bond motifs is 1. The lowest BCUT2D eigenvalue weighted by atomic mass is 9.83. The lowest BCUT2D eigenvalue weighted by molar-refractivity contribution is -0.131. The van der Waals surface area contributed by atoms with Gasteiger partial charge in [-0.3, -0.25) is 9.59 Å². The number of alkyl halides is 4. The van der Waals surface area contributed by atoms with Gasteiger partial charge in [-0.25, -0.2) is 27.5 Å². The van der Waals surface area contributed by atoms with Crippen molar-refractivity contribution in [3.05, 3.63) is 83.0 Å². The van der Waals surface area contributed by atoms with E-state index in [-0.39, 0.29) is 63.2 Å². The number of nitrogens with zero attached hydrogens (tertiary/aromatic N) is 2. The van der Waals surface area contributed by atoms with Gasteiger partial charge in [-0.1, -0.05) is 65.5 Å². The third-order valence-corrected chi connectivity index (χ3v) is 10.7. The highest BCUT2D eigenvalue weighted by molar-refractivity contribution is 5.85. The first-order valence-corrected chi connectivity index (χ1v) is 19.3. The second-order valence-electron chi connectivity index (χ2n) is 17.5. The molecular formula is C44H50F4N6O2. The van der Waals surface area contributed by atoms with Crippen LogP contribution in [0.5, 0.6) is 0 Å². The number of H-pyrrole nitrogens is 2. The fourth-order valence-electron chi connectivity index (χ4n) is 7.29. The van der Waals surface area contributed by atoms with Gasteiger partial charge in [-0.15, -0.1) is 0 Å². The summed E-state index contributed by atoms with van der Waals surface area (Å²) >= 11 is 0. The highest BCUT2D eigenvalue weighted by Gasteiger charge is 2.41. The predicted octanol–water partition coefficient (Wildman–Crippen LogP) is 9.14. The summed E-state index contributed by atoms with van der Waals surface area (Å²) in [6, 6.07) is 10.9. The maximum atomic E-state index is 13.7. The number of aromatic amines is 2. The molecule has 2 amide bonds. The zero-order valence-corrected chi connectivity index (χ0v) is 32.8. The minimum atomic E-state index is -2.70. The normalized spacial score (nSPS) is 18.5. The Labute approximate surface area is 325 Å². The number of hydrogen-bond acceptors (Lipinski definition) is 4. The number of halogens is 4. The lowest BCUT2D eigenvalue weighted by Crippen LogP contribution is -2.42. The second kappa shape index (κ2) is 15.8. The number of aromatic nitrogens is 4. The number of imidazole rings is 2. The number of hydrogen-bond donors (Lipinski definition) is 4. The molecule has 0 bridgehead atoms. The van der Waals surface area contributed by atoms with E-state index in [0.717, 1.165) is 21.9 Å². The fourth-order valence-corrected chi connectivity index (χ4v) is 7.29. The third kappa shape index (κ3) is 10.2. The summed E-state index contributed by atoms with van der Waals surface area (Å²) in [7, 11) is 0. The molecule has 2 atom stereocenters. The Hall–Kier alpha value is -5.10. The molecule has 2 heterocycles. The first kappa shape index (κ1) is 40.6. The Morgan fingerprint density at radius 1 is 0.643 bits per heavy atom. The Morgan fingerprint density at radius 3 is 1.34 bits per heavy atom. The van der Waals surface area contributed by atoms with Crippen molar-refractivity contribution in [1.82, 2.24) is 30.6 Å². The molecule has 56 heavy (non-hydrogen) atoms. The summed E-state index contributed by atoms with van der Waals surface area (Å²) in [4.78, 5) is 41.6. The number of benzene rings is 2. The quantitative estimate of drug-likeness (QED) is 0.116. The van der Waals surface area contributed by atoms with E-state index in [1.807, 2.05) is 77.9 Å². The second-order valence-corrected chi connectivity index (χ2v) is 17.5. The average Bonchev–Trinajstić information content (AvgIpc) is 3.79.